The molecule has 0 aromatic rings. The second kappa shape index (κ2) is 6.46. The molecule has 1 fully saturated rings. The number of ether oxygens (including phenoxy) is 1. The molecule has 1 amide bonds. The molecule has 5 nitrogen and oxygen atoms in total. The van der Waals surface area contributed by atoms with E-state index in [1.54, 1.807) is 4.90 Å². The van der Waals surface area contributed by atoms with Gasteiger partial charge in [-0.05, 0) is 45.4 Å². The highest BCUT2D eigenvalue weighted by molar-refractivity contribution is 5.70. The summed E-state index contributed by atoms with van der Waals surface area (Å²) in [5, 5.41) is 9.23. The summed E-state index contributed by atoms with van der Waals surface area (Å²) in [6.07, 6.45) is 1.19. The van der Waals surface area contributed by atoms with Crippen LogP contribution in [0.25, 0.3) is 0 Å². The SMILES string of the molecule is CC(C)C(CC1CCN(C(=O)OC(C)(C)C)C1)C(=O)O. The van der Waals surface area contributed by atoms with Crippen molar-refractivity contribution in [2.24, 2.45) is 17.8 Å². The molecule has 0 bridgehead atoms. The van der Waals surface area contributed by atoms with Gasteiger partial charge in [0.25, 0.3) is 0 Å². The topological polar surface area (TPSA) is 66.8 Å². The average molecular weight is 285 g/mol. The van der Waals surface area contributed by atoms with E-state index in [0.29, 0.717) is 19.5 Å². The molecular formula is C15H27NO4. The number of carbonyl (C=O) groups is 2. The van der Waals surface area contributed by atoms with E-state index in [1.165, 1.54) is 0 Å². The van der Waals surface area contributed by atoms with E-state index < -0.39 is 11.6 Å². The van der Waals surface area contributed by atoms with Crippen molar-refractivity contribution in [2.45, 2.75) is 53.1 Å². The van der Waals surface area contributed by atoms with E-state index in [2.05, 4.69) is 0 Å². The Labute approximate surface area is 121 Å². The Hall–Kier alpha value is -1.26. The molecule has 2 unspecified atom stereocenters. The fourth-order valence-corrected chi connectivity index (χ4v) is 2.53. The van der Waals surface area contributed by atoms with Crippen LogP contribution < -0.4 is 0 Å². The Morgan fingerprint density at radius 2 is 1.95 bits per heavy atom. The van der Waals surface area contributed by atoms with Gasteiger partial charge in [0.05, 0.1) is 5.92 Å². The molecule has 1 N–H and O–H groups in total. The lowest BCUT2D eigenvalue weighted by molar-refractivity contribution is -0.143. The van der Waals surface area contributed by atoms with E-state index >= 15 is 0 Å². The van der Waals surface area contributed by atoms with Crippen molar-refractivity contribution < 1.29 is 19.4 Å². The number of amides is 1. The fraction of sp³-hybridized carbons (Fsp3) is 0.867. The van der Waals surface area contributed by atoms with Crippen molar-refractivity contribution in [3.8, 4) is 0 Å². The summed E-state index contributed by atoms with van der Waals surface area (Å²) in [4.78, 5) is 24.9. The van der Waals surface area contributed by atoms with Gasteiger partial charge in [-0.2, -0.15) is 0 Å². The zero-order chi connectivity index (χ0) is 15.5. The third-order valence-electron chi connectivity index (χ3n) is 3.65. The Kier molecular flexibility index (Phi) is 5.42. The van der Waals surface area contributed by atoms with E-state index in [9.17, 15) is 14.7 Å². The summed E-state index contributed by atoms with van der Waals surface area (Å²) in [6.45, 7) is 10.7. The molecule has 1 saturated heterocycles. The smallest absolute Gasteiger partial charge is 0.410 e. The Morgan fingerprint density at radius 3 is 2.40 bits per heavy atom. The molecule has 1 aliphatic heterocycles. The van der Waals surface area contributed by atoms with E-state index in [-0.39, 0.29) is 23.8 Å². The highest BCUT2D eigenvalue weighted by Gasteiger charge is 2.33. The zero-order valence-electron chi connectivity index (χ0n) is 13.2. The van der Waals surface area contributed by atoms with Crippen LogP contribution in [0.5, 0.6) is 0 Å². The average Bonchev–Trinajstić information content (AvgIpc) is 2.71. The third-order valence-corrected chi connectivity index (χ3v) is 3.65. The van der Waals surface area contributed by atoms with Crippen LogP contribution in [-0.2, 0) is 9.53 Å². The van der Waals surface area contributed by atoms with Crippen LogP contribution in [0.3, 0.4) is 0 Å². The summed E-state index contributed by atoms with van der Waals surface area (Å²) in [6, 6.07) is 0. The van der Waals surface area contributed by atoms with Crippen LogP contribution in [0.15, 0.2) is 0 Å². The van der Waals surface area contributed by atoms with E-state index in [4.69, 9.17) is 4.74 Å². The zero-order valence-corrected chi connectivity index (χ0v) is 13.2. The standard InChI is InChI=1S/C15H27NO4/c1-10(2)12(13(17)18)8-11-6-7-16(9-11)14(19)20-15(3,4)5/h10-12H,6-9H2,1-5H3,(H,17,18). The molecule has 1 heterocycles. The van der Waals surface area contributed by atoms with E-state index in [0.717, 1.165) is 6.42 Å². The highest BCUT2D eigenvalue weighted by Crippen LogP contribution is 2.28. The molecule has 0 aromatic heterocycles. The molecule has 0 aliphatic carbocycles. The van der Waals surface area contributed by atoms with Crippen LogP contribution in [-0.4, -0.2) is 40.8 Å². The summed E-state index contributed by atoms with van der Waals surface area (Å²) in [5.41, 5.74) is -0.489. The summed E-state index contributed by atoms with van der Waals surface area (Å²) in [5.74, 6) is -0.705. The fourth-order valence-electron chi connectivity index (χ4n) is 2.53. The normalized spacial score (nSPS) is 21.1. The lowest BCUT2D eigenvalue weighted by Crippen LogP contribution is -2.35. The first-order chi connectivity index (χ1) is 9.10. The van der Waals surface area contributed by atoms with Crippen LogP contribution >= 0.6 is 0 Å². The first-order valence-electron chi connectivity index (χ1n) is 7.31. The second-order valence-corrected chi connectivity index (χ2v) is 7.01. The molecule has 0 spiro atoms. The van der Waals surface area contributed by atoms with Crippen molar-refractivity contribution in [3.05, 3.63) is 0 Å². The number of nitrogens with zero attached hydrogens (tertiary/aromatic N) is 1. The van der Waals surface area contributed by atoms with Gasteiger partial charge in [-0.25, -0.2) is 4.79 Å². The number of likely N-dealkylation sites (tertiary alicyclic amines) is 1. The van der Waals surface area contributed by atoms with Gasteiger partial charge < -0.3 is 14.7 Å². The molecule has 0 aromatic carbocycles. The van der Waals surface area contributed by atoms with Gasteiger partial charge in [0.2, 0.25) is 0 Å². The van der Waals surface area contributed by atoms with E-state index in [1.807, 2.05) is 34.6 Å². The molecular weight excluding hydrogens is 258 g/mol. The number of carboxylic acid groups (broad SMARTS) is 1. The predicted molar refractivity (Wildman–Crippen MR) is 76.5 cm³/mol. The quantitative estimate of drug-likeness (QED) is 0.862. The van der Waals surface area contributed by atoms with Crippen LogP contribution in [0, 0.1) is 17.8 Å². The van der Waals surface area contributed by atoms with Crippen LogP contribution in [0.4, 0.5) is 4.79 Å². The first kappa shape index (κ1) is 16.8. The van der Waals surface area contributed by atoms with Crippen molar-refractivity contribution >= 4 is 12.1 Å². The minimum atomic E-state index is -0.740. The molecule has 2 atom stereocenters. The van der Waals surface area contributed by atoms with Crippen molar-refractivity contribution in [2.75, 3.05) is 13.1 Å². The number of aliphatic carboxylic acids is 1. The Balaban J connectivity index is 2.51. The second-order valence-electron chi connectivity index (χ2n) is 7.01. The largest absolute Gasteiger partial charge is 0.481 e. The van der Waals surface area contributed by atoms with Gasteiger partial charge in [-0.1, -0.05) is 13.8 Å². The molecule has 1 rings (SSSR count). The van der Waals surface area contributed by atoms with Crippen LogP contribution in [0.2, 0.25) is 0 Å². The lowest BCUT2D eigenvalue weighted by Gasteiger charge is -2.25. The number of carbonyl (C=O) groups excluding carboxylic acids is 1. The van der Waals surface area contributed by atoms with Gasteiger partial charge in [0.15, 0.2) is 0 Å². The minimum absolute atomic E-state index is 0.114. The number of carboxylic acids is 1. The minimum Gasteiger partial charge on any atom is -0.481 e. The van der Waals surface area contributed by atoms with Gasteiger partial charge in [-0.15, -0.1) is 0 Å². The summed E-state index contributed by atoms with van der Waals surface area (Å²) in [7, 11) is 0. The van der Waals surface area contributed by atoms with Gasteiger partial charge in [0.1, 0.15) is 5.60 Å². The monoisotopic (exact) mass is 285 g/mol. The maximum Gasteiger partial charge on any atom is 0.410 e. The maximum absolute atomic E-state index is 11.9. The van der Waals surface area contributed by atoms with Gasteiger partial charge in [0, 0.05) is 13.1 Å². The third kappa shape index (κ3) is 5.02. The summed E-state index contributed by atoms with van der Waals surface area (Å²) < 4.78 is 5.34. The predicted octanol–water partition coefficient (Wildman–Crippen LogP) is 2.99. The van der Waals surface area contributed by atoms with Crippen LogP contribution in [0.1, 0.15) is 47.5 Å². The summed E-state index contributed by atoms with van der Waals surface area (Å²) >= 11 is 0. The number of rotatable bonds is 4. The molecule has 116 valence electrons. The van der Waals surface area contributed by atoms with Crippen molar-refractivity contribution in [3.63, 3.8) is 0 Å². The van der Waals surface area contributed by atoms with Gasteiger partial charge >= 0.3 is 12.1 Å². The molecule has 0 saturated carbocycles. The number of hydrogen-bond donors (Lipinski definition) is 1. The molecule has 1 aliphatic rings. The molecule has 0 radical (unpaired) electrons. The first-order valence-corrected chi connectivity index (χ1v) is 7.31. The maximum atomic E-state index is 11.9. The highest BCUT2D eigenvalue weighted by atomic mass is 16.6. The Bertz CT molecular complexity index is 359. The van der Waals surface area contributed by atoms with Gasteiger partial charge in [-0.3, -0.25) is 4.79 Å². The molecule has 20 heavy (non-hydrogen) atoms. The lowest BCUT2D eigenvalue weighted by atomic mass is 9.86. The van der Waals surface area contributed by atoms with Crippen molar-refractivity contribution in [1.82, 2.24) is 4.90 Å². The van der Waals surface area contributed by atoms with Crippen molar-refractivity contribution in [1.29, 1.82) is 0 Å². The number of hydrogen-bond acceptors (Lipinski definition) is 3. The Morgan fingerprint density at radius 1 is 1.35 bits per heavy atom. The molecule has 5 heteroatoms.